The van der Waals surface area contributed by atoms with Crippen molar-refractivity contribution in [3.8, 4) is 17.2 Å². The van der Waals surface area contributed by atoms with Gasteiger partial charge in [-0.1, -0.05) is 106 Å². The Balaban J connectivity index is 1.28. The van der Waals surface area contributed by atoms with Crippen LogP contribution in [0.3, 0.4) is 0 Å². The van der Waals surface area contributed by atoms with Crippen molar-refractivity contribution in [1.29, 1.82) is 0 Å². The Labute approximate surface area is 289 Å². The summed E-state index contributed by atoms with van der Waals surface area (Å²) in [6, 6.07) is 25.5. The quantitative estimate of drug-likeness (QED) is 0.171. The number of nitrogens with zero attached hydrogens (tertiary/aromatic N) is 5. The minimum Gasteiger partial charge on any atom is -0.507 e. The molecule has 0 saturated heterocycles. The fraction of sp³-hybridized carbons (Fsp3) is 0.429. The molecular formula is C42H51N5O2. The first-order chi connectivity index (χ1) is 22.9. The molecule has 4 heterocycles. The maximum absolute atomic E-state index is 12.1. The summed E-state index contributed by atoms with van der Waals surface area (Å²) in [5, 5.41) is 24.2. The number of phenols is 2. The van der Waals surface area contributed by atoms with Gasteiger partial charge in [0.05, 0.1) is 11.0 Å². The van der Waals surface area contributed by atoms with E-state index >= 15 is 0 Å². The molecule has 2 N–H and O–H groups in total. The molecule has 0 saturated carbocycles. The normalized spacial score (nSPS) is 14.7. The molecular weight excluding hydrogens is 606 g/mol. The maximum atomic E-state index is 12.1. The van der Waals surface area contributed by atoms with Crippen LogP contribution in [0.4, 0.5) is 0 Å². The Hall–Kier alpha value is -4.52. The second kappa shape index (κ2) is 10.0. The smallest absolute Gasteiger partial charge is 0.170 e. The number of benzene rings is 4. The number of para-hydroxylation sites is 4. The number of aromatic nitrogens is 5. The van der Waals surface area contributed by atoms with E-state index < -0.39 is 0 Å². The van der Waals surface area contributed by atoms with E-state index in [0.717, 1.165) is 46.3 Å². The van der Waals surface area contributed by atoms with E-state index in [0.29, 0.717) is 12.2 Å². The van der Waals surface area contributed by atoms with Gasteiger partial charge in [-0.05, 0) is 87.6 Å². The number of phenolic OH excluding ortho intramolecular Hbond substituents is 2. The van der Waals surface area contributed by atoms with E-state index in [-0.39, 0.29) is 33.6 Å². The molecule has 3 aromatic heterocycles. The van der Waals surface area contributed by atoms with Gasteiger partial charge in [-0.2, -0.15) is 0 Å². The van der Waals surface area contributed by atoms with Gasteiger partial charge in [-0.25, -0.2) is 0 Å². The first-order valence-electron chi connectivity index (χ1n) is 17.8. The minimum atomic E-state index is -0.147. The number of hydrogen-bond donors (Lipinski definition) is 2. The van der Waals surface area contributed by atoms with Gasteiger partial charge in [-0.3, -0.25) is 9.36 Å². The molecule has 0 bridgehead atoms. The highest BCUT2D eigenvalue weighted by Gasteiger charge is 2.42. The van der Waals surface area contributed by atoms with Crippen LogP contribution in [0, 0.1) is 10.8 Å². The number of aromatic hydroxyl groups is 2. The molecule has 0 fully saturated rings. The Morgan fingerprint density at radius 1 is 0.551 bits per heavy atom. The third-order valence-corrected chi connectivity index (χ3v) is 10.6. The van der Waals surface area contributed by atoms with Crippen molar-refractivity contribution in [1.82, 2.24) is 23.4 Å². The summed E-state index contributed by atoms with van der Waals surface area (Å²) in [6.07, 6.45) is 2.36. The molecule has 8 rings (SSSR count). The summed E-state index contributed by atoms with van der Waals surface area (Å²) in [4.78, 5) is 2.06. The van der Waals surface area contributed by atoms with Crippen LogP contribution in [0.5, 0.6) is 11.5 Å². The summed E-state index contributed by atoms with van der Waals surface area (Å²) < 4.78 is 8.72. The van der Waals surface area contributed by atoms with Gasteiger partial charge < -0.3 is 10.2 Å². The van der Waals surface area contributed by atoms with E-state index in [2.05, 4.69) is 153 Å². The molecule has 4 aromatic carbocycles. The molecule has 0 spiro atoms. The lowest BCUT2D eigenvalue weighted by Gasteiger charge is -2.34. The van der Waals surface area contributed by atoms with E-state index in [1.807, 2.05) is 12.1 Å². The molecule has 0 atom stereocenters. The van der Waals surface area contributed by atoms with Crippen molar-refractivity contribution in [3.05, 3.63) is 101 Å². The van der Waals surface area contributed by atoms with Gasteiger partial charge in [0.15, 0.2) is 6.17 Å². The summed E-state index contributed by atoms with van der Waals surface area (Å²) in [7, 11) is 0. The van der Waals surface area contributed by atoms with Crippen LogP contribution in [0.1, 0.15) is 116 Å². The van der Waals surface area contributed by atoms with E-state index in [9.17, 15) is 10.2 Å². The lowest BCUT2D eigenvalue weighted by molar-refractivity contribution is 0.283. The van der Waals surface area contributed by atoms with Gasteiger partial charge >= 0.3 is 0 Å². The molecule has 0 radical (unpaired) electrons. The molecule has 7 nitrogen and oxygen atoms in total. The molecule has 7 heteroatoms. The van der Waals surface area contributed by atoms with Crippen molar-refractivity contribution in [3.63, 3.8) is 0 Å². The SMILES string of the molecule is CC(C)(C)CC(C)(C)c1cc(Cc2cc(C(C)(C)CC(C)(C)C)cc(-n3n4c5ccccc5n34)c2O)c(O)c(C2n3c4ccccc4n32)c1. The monoisotopic (exact) mass is 657 g/mol. The summed E-state index contributed by atoms with van der Waals surface area (Å²) in [5.74, 6) is 0.565. The second-order valence-corrected chi connectivity index (χ2v) is 18.4. The number of hydrogen-bond acceptors (Lipinski definition) is 2. The third kappa shape index (κ3) is 5.07. The lowest BCUT2D eigenvalue weighted by Crippen LogP contribution is -2.25. The minimum absolute atomic E-state index is 0.0324. The van der Waals surface area contributed by atoms with Crippen molar-refractivity contribution in [2.24, 2.45) is 10.8 Å². The highest BCUT2D eigenvalue weighted by molar-refractivity contribution is 5.83. The third-order valence-electron chi connectivity index (χ3n) is 10.6. The first-order valence-corrected chi connectivity index (χ1v) is 17.8. The first kappa shape index (κ1) is 31.7. The molecule has 0 unspecified atom stereocenters. The largest absolute Gasteiger partial charge is 0.507 e. The Morgan fingerprint density at radius 3 is 1.45 bits per heavy atom. The summed E-state index contributed by atoms with van der Waals surface area (Å²) >= 11 is 0. The van der Waals surface area contributed by atoms with Crippen LogP contribution in [0.25, 0.3) is 27.8 Å². The molecule has 7 aromatic rings. The van der Waals surface area contributed by atoms with Crippen LogP contribution in [-0.2, 0) is 17.3 Å². The molecule has 256 valence electrons. The Morgan fingerprint density at radius 2 is 0.980 bits per heavy atom. The fourth-order valence-corrected chi connectivity index (χ4v) is 9.09. The lowest BCUT2D eigenvalue weighted by atomic mass is 9.71. The van der Waals surface area contributed by atoms with Gasteiger partial charge in [0.1, 0.15) is 28.2 Å². The van der Waals surface area contributed by atoms with Crippen molar-refractivity contribution in [2.75, 3.05) is 0 Å². The maximum Gasteiger partial charge on any atom is 0.170 e. The molecule has 49 heavy (non-hydrogen) atoms. The van der Waals surface area contributed by atoms with Gasteiger partial charge in [0.25, 0.3) is 0 Å². The zero-order valence-corrected chi connectivity index (χ0v) is 30.8. The van der Waals surface area contributed by atoms with E-state index in [4.69, 9.17) is 0 Å². The van der Waals surface area contributed by atoms with Crippen molar-refractivity contribution < 1.29 is 10.2 Å². The van der Waals surface area contributed by atoms with Crippen LogP contribution in [0.2, 0.25) is 0 Å². The summed E-state index contributed by atoms with van der Waals surface area (Å²) in [6.45, 7) is 23.0. The zero-order chi connectivity index (χ0) is 35.0. The van der Waals surface area contributed by atoms with Crippen LogP contribution < -0.4 is 0 Å². The molecule has 0 amide bonds. The average molecular weight is 658 g/mol. The second-order valence-electron chi connectivity index (χ2n) is 18.4. The van der Waals surface area contributed by atoms with E-state index in [1.54, 1.807) is 0 Å². The number of rotatable bonds is 8. The van der Waals surface area contributed by atoms with Gasteiger partial charge in [-0.15, -0.1) is 14.1 Å². The fourth-order valence-electron chi connectivity index (χ4n) is 9.09. The molecule has 0 aliphatic carbocycles. The predicted molar refractivity (Wildman–Crippen MR) is 199 cm³/mol. The highest BCUT2D eigenvalue weighted by Crippen LogP contribution is 2.50. The number of fused-ring (bicyclic) bond motifs is 8. The zero-order valence-electron chi connectivity index (χ0n) is 30.8. The topological polar surface area (TPSA) is 64.1 Å². The van der Waals surface area contributed by atoms with Gasteiger partial charge in [0, 0.05) is 17.5 Å². The predicted octanol–water partition coefficient (Wildman–Crippen LogP) is 10.0. The Bertz CT molecular complexity index is 2290. The van der Waals surface area contributed by atoms with E-state index in [1.165, 1.54) is 22.2 Å². The van der Waals surface area contributed by atoms with Crippen LogP contribution in [0.15, 0.2) is 72.8 Å². The van der Waals surface area contributed by atoms with Crippen molar-refractivity contribution in [2.45, 2.75) is 105 Å². The highest BCUT2D eigenvalue weighted by atomic mass is 16.3. The summed E-state index contributed by atoms with van der Waals surface area (Å²) in [5.41, 5.74) is 10.4. The molecule has 1 aliphatic rings. The van der Waals surface area contributed by atoms with Crippen molar-refractivity contribution >= 4 is 22.1 Å². The Kier molecular flexibility index (Phi) is 6.49. The standard InChI is InChI=1S/C42H51N5O2/c1-39(2,3)24-41(7,8)28-20-26(36(48)30(22-28)38-43-31-15-11-12-16-32(31)44(38)43)19-27-21-29(42(9,10)25-40(4,5)6)23-35(37(27)49)47-45-33-17-13-14-18-34(33)46(45)47/h11-18,20-23,38,48-49H,19,24-25H2,1-10H3. The van der Waals surface area contributed by atoms with Gasteiger partial charge in [0.2, 0.25) is 0 Å². The molecule has 1 aliphatic heterocycles. The average Bonchev–Trinajstić information content (AvgIpc) is 3.84. The van der Waals surface area contributed by atoms with Crippen LogP contribution in [-0.4, -0.2) is 33.6 Å². The van der Waals surface area contributed by atoms with Crippen LogP contribution >= 0.6 is 0 Å².